The van der Waals surface area contributed by atoms with Gasteiger partial charge in [0.1, 0.15) is 0 Å². The number of carboxylic acid groups (broad SMARTS) is 1. The van der Waals surface area contributed by atoms with E-state index in [1.807, 2.05) is 0 Å². The molecule has 1 rings (SSSR count). The lowest BCUT2D eigenvalue weighted by molar-refractivity contribution is 0.137. The third kappa shape index (κ3) is 2.28. The molecule has 0 fully saturated rings. The van der Waals surface area contributed by atoms with E-state index in [9.17, 15) is 4.79 Å². The smallest absolute Gasteiger partial charge is 0.473 e. The summed E-state index contributed by atoms with van der Waals surface area (Å²) in [6, 6.07) is 8.28. The lowest BCUT2D eigenvalue weighted by atomic mass is 9.80. The van der Waals surface area contributed by atoms with E-state index in [1.54, 1.807) is 30.3 Å². The Bertz CT molecular complexity index is 261. The molecule has 5 heteroatoms. The molecule has 62 valence electrons. The normalized spacial score (nSPS) is 9.08. The van der Waals surface area contributed by atoms with E-state index >= 15 is 0 Å². The van der Waals surface area contributed by atoms with Crippen molar-refractivity contribution >= 4 is 18.7 Å². The Balaban J connectivity index is 2.65. The summed E-state index contributed by atoms with van der Waals surface area (Å²) < 4.78 is 4.11. The minimum absolute atomic E-state index is 0.417. The maximum Gasteiger partial charge on any atom is 0.564 e. The summed E-state index contributed by atoms with van der Waals surface area (Å²) in [5.41, 5.74) is 0.417. The molecule has 0 atom stereocenters. The standard InChI is InChI=1S/C7H7BO4/c9-7(10)12-8(11)6-4-2-1-3-5-6/h1-5,11H,(H,9,10). The largest absolute Gasteiger partial charge is 0.564 e. The molecule has 1 aromatic rings. The maximum atomic E-state index is 10.0. The zero-order chi connectivity index (χ0) is 8.97. The molecule has 0 aliphatic heterocycles. The van der Waals surface area contributed by atoms with E-state index in [1.165, 1.54) is 0 Å². The van der Waals surface area contributed by atoms with Crippen molar-refractivity contribution in [1.29, 1.82) is 0 Å². The number of hydrogen-bond donors (Lipinski definition) is 2. The average Bonchev–Trinajstić information content (AvgIpc) is 2.05. The van der Waals surface area contributed by atoms with Gasteiger partial charge in [0, 0.05) is 0 Å². The Morgan fingerprint density at radius 2 is 1.92 bits per heavy atom. The highest BCUT2D eigenvalue weighted by molar-refractivity contribution is 6.61. The number of rotatable bonds is 2. The monoisotopic (exact) mass is 166 g/mol. The molecule has 0 saturated carbocycles. The Morgan fingerprint density at radius 3 is 2.42 bits per heavy atom. The number of carbonyl (C=O) groups is 1. The van der Waals surface area contributed by atoms with E-state index < -0.39 is 13.3 Å². The molecule has 12 heavy (non-hydrogen) atoms. The molecule has 0 amide bonds. The van der Waals surface area contributed by atoms with E-state index in [2.05, 4.69) is 4.65 Å². The van der Waals surface area contributed by atoms with Crippen molar-refractivity contribution in [3.63, 3.8) is 0 Å². The Hall–Kier alpha value is -1.49. The predicted octanol–water partition coefficient (Wildman–Crippen LogP) is 0.0687. The molecule has 0 aromatic heterocycles. The van der Waals surface area contributed by atoms with Crippen LogP contribution in [-0.2, 0) is 4.65 Å². The van der Waals surface area contributed by atoms with Crippen LogP contribution in [0, 0.1) is 0 Å². The molecule has 4 nitrogen and oxygen atoms in total. The Morgan fingerprint density at radius 1 is 1.33 bits per heavy atom. The fraction of sp³-hybridized carbons (Fsp3) is 0. The summed E-state index contributed by atoms with van der Waals surface area (Å²) in [4.78, 5) is 10.0. The second-order valence-corrected chi connectivity index (χ2v) is 2.15. The molecule has 0 radical (unpaired) electrons. The first kappa shape index (κ1) is 8.61. The molecule has 0 aliphatic carbocycles. The first-order chi connectivity index (χ1) is 5.70. The molecule has 0 spiro atoms. The summed E-state index contributed by atoms with van der Waals surface area (Å²) in [5, 5.41) is 17.3. The summed E-state index contributed by atoms with van der Waals surface area (Å²) in [5.74, 6) is 0. The zero-order valence-corrected chi connectivity index (χ0v) is 6.18. The van der Waals surface area contributed by atoms with Crippen molar-refractivity contribution < 1.29 is 19.6 Å². The summed E-state index contributed by atoms with van der Waals surface area (Å²) in [6.07, 6.45) is -1.49. The van der Waals surface area contributed by atoms with Crippen LogP contribution in [0.1, 0.15) is 0 Å². The molecule has 2 N–H and O–H groups in total. The minimum Gasteiger partial charge on any atom is -0.473 e. The van der Waals surface area contributed by atoms with Crippen LogP contribution < -0.4 is 5.46 Å². The van der Waals surface area contributed by atoms with Gasteiger partial charge in [-0.1, -0.05) is 30.3 Å². The van der Waals surface area contributed by atoms with Crippen LogP contribution in [0.25, 0.3) is 0 Å². The summed E-state index contributed by atoms with van der Waals surface area (Å²) >= 11 is 0. The van der Waals surface area contributed by atoms with Crippen LogP contribution in [0.5, 0.6) is 0 Å². The van der Waals surface area contributed by atoms with Crippen molar-refractivity contribution in [2.45, 2.75) is 0 Å². The minimum atomic E-state index is -1.49. The molecular formula is C7H7BO4. The lowest BCUT2D eigenvalue weighted by Gasteiger charge is -2.03. The van der Waals surface area contributed by atoms with Gasteiger partial charge in [-0.2, -0.15) is 0 Å². The van der Waals surface area contributed by atoms with Gasteiger partial charge in [0.05, 0.1) is 0 Å². The van der Waals surface area contributed by atoms with E-state index in [-0.39, 0.29) is 0 Å². The highest BCUT2D eigenvalue weighted by atomic mass is 16.7. The number of hydrogen-bond acceptors (Lipinski definition) is 3. The molecule has 0 unspecified atom stereocenters. The van der Waals surface area contributed by atoms with Crippen molar-refractivity contribution in [2.24, 2.45) is 0 Å². The van der Waals surface area contributed by atoms with E-state index in [4.69, 9.17) is 10.1 Å². The molecule has 0 aliphatic rings. The molecule has 1 aromatic carbocycles. The van der Waals surface area contributed by atoms with Gasteiger partial charge in [-0.15, -0.1) is 0 Å². The summed E-state index contributed by atoms with van der Waals surface area (Å²) in [7, 11) is -1.40. The average molecular weight is 166 g/mol. The zero-order valence-electron chi connectivity index (χ0n) is 6.18. The molecular weight excluding hydrogens is 159 g/mol. The van der Waals surface area contributed by atoms with Gasteiger partial charge in [0.15, 0.2) is 0 Å². The maximum absolute atomic E-state index is 10.0. The second kappa shape index (κ2) is 3.78. The van der Waals surface area contributed by atoms with Gasteiger partial charge in [0.2, 0.25) is 0 Å². The van der Waals surface area contributed by atoms with Crippen molar-refractivity contribution in [3.8, 4) is 0 Å². The second-order valence-electron chi connectivity index (χ2n) is 2.15. The van der Waals surface area contributed by atoms with Crippen LogP contribution in [0.3, 0.4) is 0 Å². The fourth-order valence-corrected chi connectivity index (χ4v) is 0.781. The van der Waals surface area contributed by atoms with Crippen LogP contribution in [0.15, 0.2) is 30.3 Å². The topological polar surface area (TPSA) is 66.8 Å². The van der Waals surface area contributed by atoms with Crippen molar-refractivity contribution in [3.05, 3.63) is 30.3 Å². The SMILES string of the molecule is O=C(O)OB(O)c1ccccc1. The van der Waals surface area contributed by atoms with Crippen LogP contribution >= 0.6 is 0 Å². The Labute approximate surface area is 69.6 Å². The van der Waals surface area contributed by atoms with Gasteiger partial charge in [-0.3, -0.25) is 0 Å². The van der Waals surface area contributed by atoms with Gasteiger partial charge in [-0.25, -0.2) is 4.79 Å². The molecule has 0 heterocycles. The first-order valence-corrected chi connectivity index (χ1v) is 3.33. The van der Waals surface area contributed by atoms with Gasteiger partial charge >= 0.3 is 13.3 Å². The Kier molecular flexibility index (Phi) is 2.71. The van der Waals surface area contributed by atoms with E-state index in [0.717, 1.165) is 0 Å². The van der Waals surface area contributed by atoms with Gasteiger partial charge in [0.25, 0.3) is 0 Å². The van der Waals surface area contributed by atoms with Gasteiger partial charge in [-0.05, 0) is 5.46 Å². The first-order valence-electron chi connectivity index (χ1n) is 3.33. The highest BCUT2D eigenvalue weighted by Gasteiger charge is 2.20. The summed E-state index contributed by atoms with van der Waals surface area (Å²) in [6.45, 7) is 0. The van der Waals surface area contributed by atoms with Crippen LogP contribution in [0.2, 0.25) is 0 Å². The van der Waals surface area contributed by atoms with Crippen molar-refractivity contribution in [1.82, 2.24) is 0 Å². The van der Waals surface area contributed by atoms with E-state index in [0.29, 0.717) is 5.46 Å². The highest BCUT2D eigenvalue weighted by Crippen LogP contribution is 1.88. The third-order valence-electron chi connectivity index (χ3n) is 1.30. The van der Waals surface area contributed by atoms with Gasteiger partial charge < -0.3 is 14.8 Å². The number of benzene rings is 1. The predicted molar refractivity (Wildman–Crippen MR) is 43.2 cm³/mol. The fourth-order valence-electron chi connectivity index (χ4n) is 0.781. The molecule has 0 saturated heterocycles. The molecule has 0 bridgehead atoms. The quantitative estimate of drug-likeness (QED) is 0.610. The third-order valence-corrected chi connectivity index (χ3v) is 1.30. The van der Waals surface area contributed by atoms with Crippen LogP contribution in [0.4, 0.5) is 4.79 Å². The lowest BCUT2D eigenvalue weighted by Crippen LogP contribution is -2.35. The van der Waals surface area contributed by atoms with Crippen molar-refractivity contribution in [2.75, 3.05) is 0 Å². The van der Waals surface area contributed by atoms with Crippen LogP contribution in [-0.4, -0.2) is 23.4 Å².